The molecule has 6 heteroatoms. The first-order valence-corrected chi connectivity index (χ1v) is 10.1. The number of likely N-dealkylation sites (tertiary alicyclic amines) is 1. The Hall–Kier alpha value is -3.64. The Kier molecular flexibility index (Phi) is 5.48. The smallest absolute Gasteiger partial charge is 0.295 e. The maximum atomic E-state index is 13.4. The number of hydrogen-bond donors (Lipinski definition) is 1. The van der Waals surface area contributed by atoms with E-state index in [0.717, 1.165) is 16.2 Å². The van der Waals surface area contributed by atoms with Crippen LogP contribution in [-0.2, 0) is 16.1 Å². The molecular formula is C25H24N2O4. The highest BCUT2D eigenvalue weighted by molar-refractivity contribution is 6.46. The summed E-state index contributed by atoms with van der Waals surface area (Å²) < 4.78 is 5.40. The van der Waals surface area contributed by atoms with Gasteiger partial charge in [-0.3, -0.25) is 9.59 Å². The SMILES string of the molecule is Cc1ccc(C([O-])=C2C(=O)C(=O)N(Cc3ccco3)C2c2ccc([NH+](C)C)cc2)cc1. The summed E-state index contributed by atoms with van der Waals surface area (Å²) in [6.45, 7) is 2.03. The van der Waals surface area contributed by atoms with Gasteiger partial charge in [0.2, 0.25) is 5.78 Å². The maximum absolute atomic E-state index is 13.4. The number of quaternary nitrogens is 1. The zero-order valence-corrected chi connectivity index (χ0v) is 17.7. The van der Waals surface area contributed by atoms with Gasteiger partial charge in [0.05, 0.1) is 32.9 Å². The maximum Gasteiger partial charge on any atom is 0.295 e. The van der Waals surface area contributed by atoms with Crippen LogP contribution in [0, 0.1) is 6.92 Å². The topological polar surface area (TPSA) is 78.0 Å². The van der Waals surface area contributed by atoms with Crippen molar-refractivity contribution in [2.75, 3.05) is 14.1 Å². The molecule has 1 saturated heterocycles. The molecule has 3 aromatic rings. The molecule has 1 N–H and O–H groups in total. The molecule has 1 aliphatic rings. The zero-order valence-electron chi connectivity index (χ0n) is 17.7. The summed E-state index contributed by atoms with van der Waals surface area (Å²) in [6.07, 6.45) is 1.52. The number of carbonyl (C=O) groups excluding carboxylic acids is 2. The normalized spacial score (nSPS) is 18.2. The highest BCUT2D eigenvalue weighted by atomic mass is 16.3. The number of nitrogens with one attached hydrogen (secondary N) is 1. The minimum absolute atomic E-state index is 0.0228. The Balaban J connectivity index is 1.84. The third kappa shape index (κ3) is 3.90. The van der Waals surface area contributed by atoms with Crippen molar-refractivity contribution in [3.8, 4) is 0 Å². The van der Waals surface area contributed by atoms with Gasteiger partial charge in [-0.2, -0.15) is 0 Å². The Morgan fingerprint density at radius 3 is 2.29 bits per heavy atom. The second-order valence-electron chi connectivity index (χ2n) is 7.97. The molecule has 1 atom stereocenters. The van der Waals surface area contributed by atoms with Gasteiger partial charge in [-0.05, 0) is 42.3 Å². The Morgan fingerprint density at radius 2 is 1.71 bits per heavy atom. The molecule has 0 saturated carbocycles. The Labute approximate surface area is 181 Å². The van der Waals surface area contributed by atoms with Crippen molar-refractivity contribution in [2.45, 2.75) is 19.5 Å². The lowest BCUT2D eigenvalue weighted by Gasteiger charge is -2.27. The van der Waals surface area contributed by atoms with Crippen LogP contribution in [0.3, 0.4) is 0 Å². The summed E-state index contributed by atoms with van der Waals surface area (Å²) >= 11 is 0. The van der Waals surface area contributed by atoms with Crippen LogP contribution in [0.4, 0.5) is 5.69 Å². The highest BCUT2D eigenvalue weighted by Crippen LogP contribution is 2.39. The van der Waals surface area contributed by atoms with Crippen LogP contribution in [0.1, 0.15) is 28.5 Å². The molecule has 0 aliphatic carbocycles. The third-order valence-electron chi connectivity index (χ3n) is 5.55. The van der Waals surface area contributed by atoms with E-state index in [4.69, 9.17) is 4.42 Å². The number of Topliss-reactive ketones (excluding diaryl/α,β-unsaturated/α-hetero) is 1. The Morgan fingerprint density at radius 1 is 1.03 bits per heavy atom. The van der Waals surface area contributed by atoms with Gasteiger partial charge in [0.15, 0.2) is 0 Å². The number of nitrogens with zero attached hydrogens (tertiary/aromatic N) is 1. The fraction of sp³-hybridized carbons (Fsp3) is 0.200. The lowest BCUT2D eigenvalue weighted by Crippen LogP contribution is -3.00. The van der Waals surface area contributed by atoms with Crippen molar-refractivity contribution >= 4 is 23.1 Å². The van der Waals surface area contributed by atoms with E-state index in [0.29, 0.717) is 16.9 Å². The average molecular weight is 416 g/mol. The molecule has 0 bridgehead atoms. The molecule has 1 aromatic heterocycles. The van der Waals surface area contributed by atoms with Gasteiger partial charge in [0, 0.05) is 5.57 Å². The van der Waals surface area contributed by atoms with Crippen LogP contribution < -0.4 is 10.0 Å². The van der Waals surface area contributed by atoms with Crippen molar-refractivity contribution in [1.82, 2.24) is 4.90 Å². The average Bonchev–Trinajstić information content (AvgIpc) is 3.36. The molecule has 6 nitrogen and oxygen atoms in total. The quantitative estimate of drug-likeness (QED) is 0.391. The summed E-state index contributed by atoms with van der Waals surface area (Å²) in [6, 6.07) is 17.3. The van der Waals surface area contributed by atoms with Gasteiger partial charge in [-0.15, -0.1) is 0 Å². The van der Waals surface area contributed by atoms with E-state index in [2.05, 4.69) is 0 Å². The minimum Gasteiger partial charge on any atom is -0.872 e. The molecule has 1 aliphatic heterocycles. The van der Waals surface area contributed by atoms with Crippen molar-refractivity contribution in [1.29, 1.82) is 0 Å². The van der Waals surface area contributed by atoms with Gasteiger partial charge >= 0.3 is 0 Å². The summed E-state index contributed by atoms with van der Waals surface area (Å²) in [5.41, 5.74) is 3.15. The number of amides is 1. The predicted molar refractivity (Wildman–Crippen MR) is 114 cm³/mol. The molecule has 2 aromatic carbocycles. The second kappa shape index (κ2) is 8.24. The van der Waals surface area contributed by atoms with Gasteiger partial charge in [-0.25, -0.2) is 0 Å². The van der Waals surface area contributed by atoms with Gasteiger partial charge in [0.25, 0.3) is 5.91 Å². The van der Waals surface area contributed by atoms with Gasteiger partial charge in [-0.1, -0.05) is 47.7 Å². The summed E-state index contributed by atoms with van der Waals surface area (Å²) in [5, 5.41) is 13.4. The molecule has 0 spiro atoms. The molecule has 31 heavy (non-hydrogen) atoms. The Bertz CT molecular complexity index is 1130. The first-order valence-electron chi connectivity index (χ1n) is 10.1. The standard InChI is InChI=1S/C25H24N2O4/c1-16-6-8-18(9-7-16)23(28)21-22(17-10-12-19(13-11-17)26(2)3)27(25(30)24(21)29)15-20-5-4-14-31-20/h4-14,22,28H,15H2,1-3H3. The lowest BCUT2D eigenvalue weighted by atomic mass is 9.95. The third-order valence-corrected chi connectivity index (χ3v) is 5.55. The van der Waals surface area contributed by atoms with E-state index in [9.17, 15) is 14.7 Å². The first kappa shape index (κ1) is 20.6. The molecule has 2 heterocycles. The van der Waals surface area contributed by atoms with Crippen molar-refractivity contribution in [3.63, 3.8) is 0 Å². The highest BCUT2D eigenvalue weighted by Gasteiger charge is 2.44. The number of hydrogen-bond acceptors (Lipinski definition) is 4. The van der Waals surface area contributed by atoms with Crippen molar-refractivity contribution in [3.05, 3.63) is 95.0 Å². The molecular weight excluding hydrogens is 392 g/mol. The van der Waals surface area contributed by atoms with E-state index in [1.807, 2.05) is 57.4 Å². The van der Waals surface area contributed by atoms with Crippen LogP contribution in [0.5, 0.6) is 0 Å². The summed E-state index contributed by atoms with van der Waals surface area (Å²) in [5.74, 6) is -1.33. The van der Waals surface area contributed by atoms with Crippen molar-refractivity contribution in [2.24, 2.45) is 0 Å². The molecule has 158 valence electrons. The number of aryl methyl sites for hydroxylation is 1. The van der Waals surface area contributed by atoms with Crippen molar-refractivity contribution < 1.29 is 24.0 Å². The fourth-order valence-corrected chi connectivity index (χ4v) is 3.81. The molecule has 0 radical (unpaired) electrons. The molecule has 1 amide bonds. The zero-order chi connectivity index (χ0) is 22.1. The van der Waals surface area contributed by atoms with Crippen LogP contribution in [0.15, 0.2) is 76.9 Å². The van der Waals surface area contributed by atoms with Crippen LogP contribution in [0.25, 0.3) is 5.76 Å². The number of benzene rings is 2. The van der Waals surface area contributed by atoms with Crippen LogP contribution >= 0.6 is 0 Å². The lowest BCUT2D eigenvalue weighted by molar-refractivity contribution is -0.786. The second-order valence-corrected chi connectivity index (χ2v) is 7.97. The van der Waals surface area contributed by atoms with E-state index >= 15 is 0 Å². The molecule has 4 rings (SSSR count). The number of rotatable bonds is 5. The number of carbonyl (C=O) groups is 2. The predicted octanol–water partition coefficient (Wildman–Crippen LogP) is 1.79. The largest absolute Gasteiger partial charge is 0.872 e. The van der Waals surface area contributed by atoms with E-state index in [-0.39, 0.29) is 12.1 Å². The molecule has 1 unspecified atom stereocenters. The summed E-state index contributed by atoms with van der Waals surface area (Å²) in [7, 11) is 4.03. The number of furan rings is 1. The first-order chi connectivity index (χ1) is 14.9. The number of ketones is 1. The van der Waals surface area contributed by atoms with Gasteiger partial charge in [0.1, 0.15) is 11.4 Å². The molecule has 1 fully saturated rings. The van der Waals surface area contributed by atoms with E-state index in [1.165, 1.54) is 11.2 Å². The monoisotopic (exact) mass is 416 g/mol. The van der Waals surface area contributed by atoms with E-state index in [1.54, 1.807) is 24.3 Å². The van der Waals surface area contributed by atoms with E-state index < -0.39 is 23.5 Å². The fourth-order valence-electron chi connectivity index (χ4n) is 3.81. The van der Waals surface area contributed by atoms with Gasteiger partial charge < -0.3 is 19.3 Å². The van der Waals surface area contributed by atoms with Crippen LogP contribution in [-0.4, -0.2) is 30.7 Å². The summed E-state index contributed by atoms with van der Waals surface area (Å²) in [4.78, 5) is 28.5. The minimum atomic E-state index is -0.773. The van der Waals surface area contributed by atoms with Crippen LogP contribution in [0.2, 0.25) is 0 Å².